The van der Waals surface area contributed by atoms with Crippen LogP contribution < -0.4 is 10.6 Å². The number of guanidine groups is 1. The molecule has 0 bridgehead atoms. The van der Waals surface area contributed by atoms with E-state index in [9.17, 15) is 18.0 Å². The number of carbonyl (C=O) groups is 1. The van der Waals surface area contributed by atoms with Crippen molar-refractivity contribution in [3.05, 3.63) is 0 Å². The third kappa shape index (κ3) is 8.43. The Morgan fingerprint density at radius 3 is 2.16 bits per heavy atom. The molecule has 6 nitrogen and oxygen atoms in total. The van der Waals surface area contributed by atoms with Gasteiger partial charge >= 0.3 is 6.18 Å². The number of carbonyl (C=O) groups excluding carboxylic acids is 1. The zero-order valence-electron chi connectivity index (χ0n) is 15.2. The van der Waals surface area contributed by atoms with E-state index >= 15 is 0 Å². The van der Waals surface area contributed by atoms with Gasteiger partial charge in [-0.25, -0.2) is 0 Å². The van der Waals surface area contributed by atoms with Crippen molar-refractivity contribution in [2.24, 2.45) is 4.99 Å². The van der Waals surface area contributed by atoms with Crippen LogP contribution in [0, 0.1) is 0 Å². The molecule has 0 aromatic rings. The summed E-state index contributed by atoms with van der Waals surface area (Å²) < 4.78 is 38.3. The van der Waals surface area contributed by atoms with Crippen molar-refractivity contribution in [2.45, 2.75) is 45.5 Å². The second-order valence-electron chi connectivity index (χ2n) is 6.19. The topological polar surface area (TPSA) is 60.0 Å². The molecule has 1 fully saturated rings. The Labute approximate surface area is 164 Å². The first-order valence-electron chi connectivity index (χ1n) is 8.21. The lowest BCUT2D eigenvalue weighted by Crippen LogP contribution is -2.56. The molecule has 0 spiro atoms. The molecule has 0 saturated carbocycles. The van der Waals surface area contributed by atoms with E-state index in [1.165, 1.54) is 11.8 Å². The molecular formula is C15H29F3IN5O. The molecule has 0 aliphatic carbocycles. The van der Waals surface area contributed by atoms with Crippen LogP contribution in [0.15, 0.2) is 4.99 Å². The minimum absolute atomic E-state index is 0. The van der Waals surface area contributed by atoms with Gasteiger partial charge in [0, 0.05) is 52.2 Å². The summed E-state index contributed by atoms with van der Waals surface area (Å²) in [5, 5.41) is 5.89. The van der Waals surface area contributed by atoms with Crippen LogP contribution in [0.25, 0.3) is 0 Å². The van der Waals surface area contributed by atoms with E-state index in [0.717, 1.165) is 0 Å². The number of alkyl halides is 3. The number of nitrogens with one attached hydrogen (secondary N) is 2. The van der Waals surface area contributed by atoms with Crippen LogP contribution in [0.5, 0.6) is 0 Å². The molecule has 1 amide bonds. The van der Waals surface area contributed by atoms with Crippen molar-refractivity contribution in [1.29, 1.82) is 0 Å². The predicted octanol–water partition coefficient (Wildman–Crippen LogP) is 1.66. The highest BCUT2D eigenvalue weighted by Gasteiger charge is 2.41. The lowest BCUT2D eigenvalue weighted by Gasteiger charge is -2.39. The molecule has 1 heterocycles. The summed E-state index contributed by atoms with van der Waals surface area (Å²) in [5.74, 6) is 0.573. The van der Waals surface area contributed by atoms with Crippen LogP contribution >= 0.6 is 24.0 Å². The van der Waals surface area contributed by atoms with Crippen LogP contribution in [0.3, 0.4) is 0 Å². The summed E-state index contributed by atoms with van der Waals surface area (Å²) in [7, 11) is 1.63. The highest BCUT2D eigenvalue weighted by atomic mass is 127. The average Bonchev–Trinajstić information content (AvgIpc) is 2.49. The van der Waals surface area contributed by atoms with Crippen LogP contribution in [-0.2, 0) is 4.79 Å². The number of nitrogens with zero attached hydrogens (tertiary/aromatic N) is 3. The molecule has 148 valence electrons. The minimum Gasteiger partial charge on any atom is -0.356 e. The van der Waals surface area contributed by atoms with Crippen LogP contribution in [0.1, 0.15) is 27.2 Å². The van der Waals surface area contributed by atoms with Crippen molar-refractivity contribution in [3.63, 3.8) is 0 Å². The fourth-order valence-electron chi connectivity index (χ4n) is 2.54. The molecule has 10 heteroatoms. The molecule has 1 unspecified atom stereocenters. The molecule has 1 aliphatic heterocycles. The second-order valence-corrected chi connectivity index (χ2v) is 6.19. The smallest absolute Gasteiger partial charge is 0.356 e. The van der Waals surface area contributed by atoms with Gasteiger partial charge in [-0.2, -0.15) is 13.2 Å². The molecule has 0 aromatic carbocycles. The zero-order valence-corrected chi connectivity index (χ0v) is 17.5. The van der Waals surface area contributed by atoms with Crippen molar-refractivity contribution in [3.8, 4) is 0 Å². The van der Waals surface area contributed by atoms with Gasteiger partial charge in [-0.15, -0.1) is 24.0 Å². The fourth-order valence-corrected chi connectivity index (χ4v) is 2.54. The number of hydrogen-bond donors (Lipinski definition) is 2. The first kappa shape index (κ1) is 24.2. The summed E-state index contributed by atoms with van der Waals surface area (Å²) in [6, 6.07) is -1.34. The van der Waals surface area contributed by atoms with Gasteiger partial charge in [0.05, 0.1) is 0 Å². The Balaban J connectivity index is 0.00000576. The lowest BCUT2D eigenvalue weighted by atomic mass is 10.2. The van der Waals surface area contributed by atoms with Crippen molar-refractivity contribution in [1.82, 2.24) is 20.4 Å². The van der Waals surface area contributed by atoms with Crippen LogP contribution in [-0.4, -0.2) is 79.7 Å². The normalized spacial score (nSPS) is 17.9. The maximum Gasteiger partial charge on any atom is 0.403 e. The highest BCUT2D eigenvalue weighted by molar-refractivity contribution is 14.0. The average molecular weight is 479 g/mol. The third-order valence-electron chi connectivity index (χ3n) is 3.93. The number of amides is 1. The summed E-state index contributed by atoms with van der Waals surface area (Å²) in [6.07, 6.45) is -3.88. The van der Waals surface area contributed by atoms with Gasteiger partial charge in [-0.05, 0) is 20.8 Å². The van der Waals surface area contributed by atoms with E-state index in [4.69, 9.17) is 0 Å². The van der Waals surface area contributed by atoms with Gasteiger partial charge in [0.1, 0.15) is 6.04 Å². The molecular weight excluding hydrogens is 450 g/mol. The van der Waals surface area contributed by atoms with Crippen LogP contribution in [0.2, 0.25) is 0 Å². The van der Waals surface area contributed by atoms with Gasteiger partial charge in [0.25, 0.3) is 0 Å². The number of halogens is 4. The van der Waals surface area contributed by atoms with E-state index < -0.39 is 12.2 Å². The Kier molecular flexibility index (Phi) is 10.7. The maximum absolute atomic E-state index is 12.8. The van der Waals surface area contributed by atoms with E-state index in [2.05, 4.69) is 15.6 Å². The summed E-state index contributed by atoms with van der Waals surface area (Å²) in [4.78, 5) is 19.1. The Morgan fingerprint density at radius 1 is 1.16 bits per heavy atom. The monoisotopic (exact) mass is 479 g/mol. The first-order chi connectivity index (χ1) is 11.1. The minimum atomic E-state index is -4.20. The van der Waals surface area contributed by atoms with Crippen molar-refractivity contribution in [2.75, 3.05) is 39.8 Å². The third-order valence-corrected chi connectivity index (χ3v) is 3.93. The van der Waals surface area contributed by atoms with Crippen molar-refractivity contribution >= 4 is 35.8 Å². The molecule has 1 rings (SSSR count). The highest BCUT2D eigenvalue weighted by Crippen LogP contribution is 2.25. The number of piperazine rings is 1. The summed E-state index contributed by atoms with van der Waals surface area (Å²) in [6.45, 7) is 7.01. The number of rotatable bonds is 5. The van der Waals surface area contributed by atoms with Crippen molar-refractivity contribution < 1.29 is 18.0 Å². The second kappa shape index (κ2) is 11.0. The van der Waals surface area contributed by atoms with E-state index in [1.54, 1.807) is 7.05 Å². The molecule has 25 heavy (non-hydrogen) atoms. The van der Waals surface area contributed by atoms with E-state index in [-0.39, 0.29) is 35.9 Å². The first-order valence-corrected chi connectivity index (χ1v) is 8.21. The number of aliphatic imine (C=N–C) groups is 1. The summed E-state index contributed by atoms with van der Waals surface area (Å²) in [5.41, 5.74) is 0. The quantitative estimate of drug-likeness (QED) is 0.358. The SMILES string of the molecule is CN=C(NCCC(=O)NC(C)C)N1CCN(C(C)C(F)(F)F)CC1.I. The fraction of sp³-hybridized carbons (Fsp3) is 0.867. The van der Waals surface area contributed by atoms with Gasteiger partial charge < -0.3 is 15.5 Å². The van der Waals surface area contributed by atoms with Gasteiger partial charge in [-0.1, -0.05) is 0 Å². The molecule has 0 aromatic heterocycles. The molecule has 2 N–H and O–H groups in total. The number of hydrogen-bond acceptors (Lipinski definition) is 3. The Morgan fingerprint density at radius 2 is 1.72 bits per heavy atom. The van der Waals surface area contributed by atoms with E-state index in [0.29, 0.717) is 45.1 Å². The standard InChI is InChI=1S/C15H28F3N5O.HI/c1-11(2)21-13(24)5-6-20-14(19-4)23-9-7-22(8-10-23)12(3)15(16,17)18;/h11-12H,5-10H2,1-4H3,(H,19,20)(H,21,24);1H. The molecule has 1 saturated heterocycles. The Bertz CT molecular complexity index is 437. The summed E-state index contributed by atoms with van der Waals surface area (Å²) >= 11 is 0. The van der Waals surface area contributed by atoms with E-state index in [1.807, 2.05) is 18.7 Å². The molecule has 0 radical (unpaired) electrons. The lowest BCUT2D eigenvalue weighted by molar-refractivity contribution is -0.181. The van der Waals surface area contributed by atoms with Gasteiger partial charge in [-0.3, -0.25) is 14.7 Å². The Hall–Kier alpha value is -0.780. The molecule has 1 atom stereocenters. The molecule has 1 aliphatic rings. The van der Waals surface area contributed by atoms with Crippen LogP contribution in [0.4, 0.5) is 13.2 Å². The van der Waals surface area contributed by atoms with Gasteiger partial charge in [0.15, 0.2) is 5.96 Å². The predicted molar refractivity (Wildman–Crippen MR) is 103 cm³/mol. The van der Waals surface area contributed by atoms with Gasteiger partial charge in [0.2, 0.25) is 5.91 Å². The maximum atomic E-state index is 12.8. The zero-order chi connectivity index (χ0) is 18.3. The largest absolute Gasteiger partial charge is 0.403 e.